The van der Waals surface area contributed by atoms with E-state index in [1.807, 2.05) is 0 Å². The Morgan fingerprint density at radius 2 is 1.90 bits per heavy atom. The van der Waals surface area contributed by atoms with E-state index >= 15 is 0 Å². The zero-order chi connectivity index (χ0) is 14.9. The van der Waals surface area contributed by atoms with Crippen molar-refractivity contribution in [3.8, 4) is 5.75 Å². The van der Waals surface area contributed by atoms with Crippen molar-refractivity contribution in [1.29, 1.82) is 0 Å². The molecule has 1 unspecified atom stereocenters. The van der Waals surface area contributed by atoms with E-state index in [0.29, 0.717) is 16.9 Å². The van der Waals surface area contributed by atoms with Gasteiger partial charge in [-0.05, 0) is 36.8 Å². The van der Waals surface area contributed by atoms with Gasteiger partial charge in [-0.1, -0.05) is 22.0 Å². The molecule has 2 aromatic carbocycles. The van der Waals surface area contributed by atoms with Crippen LogP contribution < -0.4 is 10.5 Å². The Balaban J connectivity index is 2.60. The summed E-state index contributed by atoms with van der Waals surface area (Å²) in [7, 11) is 1.49. The lowest BCUT2D eigenvalue weighted by molar-refractivity contribution is 0.406. The first-order valence-corrected chi connectivity index (χ1v) is 6.78. The highest BCUT2D eigenvalue weighted by molar-refractivity contribution is 9.10. The third kappa shape index (κ3) is 2.69. The molecule has 0 fully saturated rings. The highest BCUT2D eigenvalue weighted by Gasteiger charge is 2.22. The van der Waals surface area contributed by atoms with E-state index in [2.05, 4.69) is 15.9 Å². The van der Waals surface area contributed by atoms with Crippen molar-refractivity contribution in [2.24, 2.45) is 5.73 Å². The van der Waals surface area contributed by atoms with Crippen LogP contribution in [0.15, 0.2) is 34.8 Å². The predicted octanol–water partition coefficient (Wildman–Crippen LogP) is 4.09. The molecule has 2 rings (SSSR count). The smallest absolute Gasteiger partial charge is 0.134 e. The van der Waals surface area contributed by atoms with Crippen molar-refractivity contribution in [1.82, 2.24) is 0 Å². The number of benzene rings is 2. The summed E-state index contributed by atoms with van der Waals surface area (Å²) in [6, 6.07) is 6.84. The Morgan fingerprint density at radius 3 is 2.55 bits per heavy atom. The number of aryl methyl sites for hydroxylation is 1. The van der Waals surface area contributed by atoms with Gasteiger partial charge in [0.1, 0.15) is 17.4 Å². The summed E-state index contributed by atoms with van der Waals surface area (Å²) in [6.45, 7) is 1.57. The molecule has 2 N–H and O–H groups in total. The molecular formula is C15H14BrF2NO. The maximum atomic E-state index is 14.2. The lowest BCUT2D eigenvalue weighted by atomic mass is 9.96. The molecule has 5 heteroatoms. The number of ether oxygens (including phenoxy) is 1. The fourth-order valence-corrected chi connectivity index (χ4v) is 2.45. The van der Waals surface area contributed by atoms with Crippen LogP contribution in [-0.4, -0.2) is 7.11 Å². The summed E-state index contributed by atoms with van der Waals surface area (Å²) >= 11 is 3.32. The lowest BCUT2D eigenvalue weighted by Crippen LogP contribution is -2.17. The van der Waals surface area contributed by atoms with Crippen molar-refractivity contribution in [2.75, 3.05) is 7.11 Å². The normalized spacial score (nSPS) is 12.3. The number of halogens is 3. The quantitative estimate of drug-likeness (QED) is 0.912. The molecule has 0 aromatic heterocycles. The fourth-order valence-electron chi connectivity index (χ4n) is 2.07. The third-order valence-corrected chi connectivity index (χ3v) is 3.65. The van der Waals surface area contributed by atoms with Crippen molar-refractivity contribution >= 4 is 15.9 Å². The Kier molecular flexibility index (Phi) is 4.40. The Bertz CT molecular complexity index is 646. The maximum Gasteiger partial charge on any atom is 0.134 e. The van der Waals surface area contributed by atoms with Crippen LogP contribution in [0.25, 0.3) is 0 Å². The number of methoxy groups -OCH3 is 1. The molecule has 0 aliphatic rings. The van der Waals surface area contributed by atoms with Crippen LogP contribution in [0.3, 0.4) is 0 Å². The molecule has 2 aromatic rings. The van der Waals surface area contributed by atoms with E-state index in [1.54, 1.807) is 25.1 Å². The molecule has 0 bridgehead atoms. The van der Waals surface area contributed by atoms with Gasteiger partial charge in [-0.25, -0.2) is 8.78 Å². The Morgan fingerprint density at radius 1 is 1.20 bits per heavy atom. The van der Waals surface area contributed by atoms with Crippen molar-refractivity contribution in [3.05, 3.63) is 63.1 Å². The standard InChI is InChI=1S/C15H14BrF2NO/c1-8-3-5-11(17)13(14(8)18)15(19)10-7-9(16)4-6-12(10)20-2/h3-7,15H,19H2,1-2H3. The summed E-state index contributed by atoms with van der Waals surface area (Å²) in [6.07, 6.45) is 0. The first kappa shape index (κ1) is 14.9. The van der Waals surface area contributed by atoms with Crippen LogP contribution in [0.4, 0.5) is 8.78 Å². The molecular weight excluding hydrogens is 328 g/mol. The van der Waals surface area contributed by atoms with E-state index in [4.69, 9.17) is 10.5 Å². The minimum absolute atomic E-state index is 0.151. The van der Waals surface area contributed by atoms with E-state index in [-0.39, 0.29) is 5.56 Å². The van der Waals surface area contributed by atoms with Crippen LogP contribution in [-0.2, 0) is 0 Å². The van der Waals surface area contributed by atoms with Crippen molar-refractivity contribution in [2.45, 2.75) is 13.0 Å². The minimum Gasteiger partial charge on any atom is -0.496 e. The summed E-state index contributed by atoms with van der Waals surface area (Å²) in [5, 5.41) is 0. The largest absolute Gasteiger partial charge is 0.496 e. The van der Waals surface area contributed by atoms with E-state index in [0.717, 1.165) is 4.47 Å². The molecule has 0 aliphatic carbocycles. The van der Waals surface area contributed by atoms with E-state index < -0.39 is 17.7 Å². The van der Waals surface area contributed by atoms with E-state index in [9.17, 15) is 8.78 Å². The van der Waals surface area contributed by atoms with Crippen molar-refractivity contribution < 1.29 is 13.5 Å². The molecule has 2 nitrogen and oxygen atoms in total. The minimum atomic E-state index is -0.942. The van der Waals surface area contributed by atoms with Crippen LogP contribution in [0.2, 0.25) is 0 Å². The molecule has 0 amide bonds. The topological polar surface area (TPSA) is 35.2 Å². The van der Waals surface area contributed by atoms with Crippen LogP contribution in [0.1, 0.15) is 22.7 Å². The van der Waals surface area contributed by atoms with Gasteiger partial charge in [-0.15, -0.1) is 0 Å². The average Bonchev–Trinajstić information content (AvgIpc) is 2.43. The van der Waals surface area contributed by atoms with Gasteiger partial charge in [-0.3, -0.25) is 0 Å². The monoisotopic (exact) mass is 341 g/mol. The van der Waals surface area contributed by atoms with E-state index in [1.165, 1.54) is 19.2 Å². The second-order valence-corrected chi connectivity index (χ2v) is 5.37. The highest BCUT2D eigenvalue weighted by atomic mass is 79.9. The van der Waals surface area contributed by atoms with Crippen LogP contribution >= 0.6 is 15.9 Å². The predicted molar refractivity (Wildman–Crippen MR) is 77.8 cm³/mol. The first-order valence-electron chi connectivity index (χ1n) is 5.99. The molecule has 0 spiro atoms. The fraction of sp³-hybridized carbons (Fsp3) is 0.200. The second kappa shape index (κ2) is 5.89. The summed E-state index contributed by atoms with van der Waals surface area (Å²) in [4.78, 5) is 0. The molecule has 0 aliphatic heterocycles. The number of hydrogen-bond acceptors (Lipinski definition) is 2. The molecule has 106 valence electrons. The lowest BCUT2D eigenvalue weighted by Gasteiger charge is -2.18. The van der Waals surface area contributed by atoms with Gasteiger partial charge in [0.2, 0.25) is 0 Å². The maximum absolute atomic E-state index is 14.2. The zero-order valence-corrected chi connectivity index (χ0v) is 12.7. The van der Waals surface area contributed by atoms with Gasteiger partial charge in [0, 0.05) is 15.6 Å². The van der Waals surface area contributed by atoms with Crippen LogP contribution in [0, 0.1) is 18.6 Å². The van der Waals surface area contributed by atoms with Crippen LogP contribution in [0.5, 0.6) is 5.75 Å². The SMILES string of the molecule is COc1ccc(Br)cc1C(N)c1c(F)ccc(C)c1F. The van der Waals surface area contributed by atoms with Gasteiger partial charge in [0.25, 0.3) is 0 Å². The molecule has 0 saturated heterocycles. The number of rotatable bonds is 3. The highest BCUT2D eigenvalue weighted by Crippen LogP contribution is 2.33. The molecule has 0 heterocycles. The Hall–Kier alpha value is -1.46. The summed E-state index contributed by atoms with van der Waals surface area (Å²) in [5.74, 6) is -0.803. The number of hydrogen-bond donors (Lipinski definition) is 1. The molecule has 1 atom stereocenters. The average molecular weight is 342 g/mol. The van der Waals surface area contributed by atoms with Gasteiger partial charge >= 0.3 is 0 Å². The van der Waals surface area contributed by atoms with Gasteiger partial charge < -0.3 is 10.5 Å². The zero-order valence-electron chi connectivity index (χ0n) is 11.1. The molecule has 0 radical (unpaired) electrons. The molecule has 20 heavy (non-hydrogen) atoms. The molecule has 0 saturated carbocycles. The Labute approximate surface area is 124 Å². The second-order valence-electron chi connectivity index (χ2n) is 4.46. The third-order valence-electron chi connectivity index (χ3n) is 3.16. The summed E-state index contributed by atoms with van der Waals surface area (Å²) in [5.41, 5.74) is 6.77. The van der Waals surface area contributed by atoms with Gasteiger partial charge in [-0.2, -0.15) is 0 Å². The van der Waals surface area contributed by atoms with Crippen molar-refractivity contribution in [3.63, 3.8) is 0 Å². The van der Waals surface area contributed by atoms with Gasteiger partial charge in [0.15, 0.2) is 0 Å². The first-order chi connectivity index (χ1) is 9.45. The number of nitrogens with two attached hydrogens (primary N) is 1. The van der Waals surface area contributed by atoms with Gasteiger partial charge in [0.05, 0.1) is 13.2 Å². The summed E-state index contributed by atoms with van der Waals surface area (Å²) < 4.78 is 34.1.